The number of anilines is 1. The molecule has 0 saturated carbocycles. The Hall–Kier alpha value is -2.35. The zero-order valence-corrected chi connectivity index (χ0v) is 14.6. The van der Waals surface area contributed by atoms with E-state index >= 15 is 0 Å². The molecule has 2 aromatic rings. The predicted octanol–water partition coefficient (Wildman–Crippen LogP) is 2.84. The van der Waals surface area contributed by atoms with E-state index in [1.54, 1.807) is 31.2 Å². The van der Waals surface area contributed by atoms with Crippen molar-refractivity contribution in [2.75, 3.05) is 17.7 Å². The Morgan fingerprint density at radius 3 is 2.58 bits per heavy atom. The Labute approximate surface area is 144 Å². The van der Waals surface area contributed by atoms with Gasteiger partial charge in [-0.15, -0.1) is 5.10 Å². The highest BCUT2D eigenvalue weighted by atomic mass is 32.2. The Kier molecular flexibility index (Phi) is 6.36. The molecule has 1 aromatic carbocycles. The number of ether oxygens (including phenoxy) is 1. The van der Waals surface area contributed by atoms with Crippen LogP contribution in [0.3, 0.4) is 0 Å². The number of rotatable bonds is 7. The number of benzene rings is 1. The van der Waals surface area contributed by atoms with Gasteiger partial charge >= 0.3 is 5.97 Å². The van der Waals surface area contributed by atoms with Crippen LogP contribution in [-0.4, -0.2) is 39.4 Å². The van der Waals surface area contributed by atoms with E-state index in [-0.39, 0.29) is 23.5 Å². The fraction of sp³-hybridized carbons (Fsp3) is 0.375. The maximum Gasteiger partial charge on any atom is 0.338 e. The Balaban J connectivity index is 1.84. The normalized spacial score (nSPS) is 10.7. The quantitative estimate of drug-likeness (QED) is 0.590. The van der Waals surface area contributed by atoms with E-state index in [2.05, 4.69) is 20.5 Å². The maximum atomic E-state index is 12.0. The summed E-state index contributed by atoms with van der Waals surface area (Å²) in [7, 11) is 0. The summed E-state index contributed by atoms with van der Waals surface area (Å²) >= 11 is 1.26. The summed E-state index contributed by atoms with van der Waals surface area (Å²) in [6.45, 7) is 6.11. The van der Waals surface area contributed by atoms with E-state index in [9.17, 15) is 9.59 Å². The van der Waals surface area contributed by atoms with Crippen molar-refractivity contribution in [1.82, 2.24) is 15.2 Å². The molecule has 1 amide bonds. The molecule has 128 valence electrons. The van der Waals surface area contributed by atoms with Crippen molar-refractivity contribution in [1.29, 1.82) is 0 Å². The first-order valence-corrected chi connectivity index (χ1v) is 8.60. The lowest BCUT2D eigenvalue weighted by Crippen LogP contribution is -2.14. The van der Waals surface area contributed by atoms with E-state index < -0.39 is 0 Å². The third-order valence-corrected chi connectivity index (χ3v) is 3.89. The van der Waals surface area contributed by atoms with Gasteiger partial charge in [0.2, 0.25) is 11.1 Å². The number of amides is 1. The molecule has 8 heteroatoms. The molecule has 0 radical (unpaired) electrons. The molecule has 0 unspecified atom stereocenters. The fourth-order valence-electron chi connectivity index (χ4n) is 1.81. The zero-order chi connectivity index (χ0) is 17.5. The molecular formula is C16H20N4O3S. The van der Waals surface area contributed by atoms with Crippen LogP contribution in [-0.2, 0) is 9.53 Å². The number of esters is 1. The van der Waals surface area contributed by atoms with E-state index in [1.165, 1.54) is 11.8 Å². The van der Waals surface area contributed by atoms with Crippen LogP contribution >= 0.6 is 11.8 Å². The zero-order valence-electron chi connectivity index (χ0n) is 13.8. The second-order valence-corrected chi connectivity index (χ2v) is 6.24. The lowest BCUT2D eigenvalue weighted by Gasteiger charge is -2.05. The third kappa shape index (κ3) is 5.09. The first-order chi connectivity index (χ1) is 11.5. The van der Waals surface area contributed by atoms with Crippen molar-refractivity contribution in [3.05, 3.63) is 35.7 Å². The number of hydrogen-bond donors (Lipinski definition) is 2. The van der Waals surface area contributed by atoms with E-state index in [0.717, 1.165) is 5.82 Å². The van der Waals surface area contributed by atoms with E-state index in [4.69, 9.17) is 4.74 Å². The van der Waals surface area contributed by atoms with Crippen LogP contribution in [0.25, 0.3) is 0 Å². The van der Waals surface area contributed by atoms with Gasteiger partial charge in [0.1, 0.15) is 5.82 Å². The Morgan fingerprint density at radius 2 is 2.00 bits per heavy atom. The van der Waals surface area contributed by atoms with E-state index in [0.29, 0.717) is 23.0 Å². The molecule has 0 aliphatic heterocycles. The van der Waals surface area contributed by atoms with Gasteiger partial charge in [-0.2, -0.15) is 0 Å². The van der Waals surface area contributed by atoms with Crippen molar-refractivity contribution in [3.8, 4) is 0 Å². The second-order valence-electron chi connectivity index (χ2n) is 5.29. The van der Waals surface area contributed by atoms with Crippen molar-refractivity contribution in [3.63, 3.8) is 0 Å². The number of carbonyl (C=O) groups excluding carboxylic acids is 2. The maximum absolute atomic E-state index is 12.0. The fourth-order valence-corrected chi connectivity index (χ4v) is 2.42. The molecule has 0 bridgehead atoms. The molecule has 24 heavy (non-hydrogen) atoms. The standard InChI is InChI=1S/C16H20N4O3S/c1-4-23-15(22)11-5-7-12(8-6-11)17-13(21)9-24-16-18-14(10(2)3)19-20-16/h5-8,10H,4,9H2,1-3H3,(H,17,21)(H,18,19,20). The van der Waals surface area contributed by atoms with Gasteiger partial charge in [-0.05, 0) is 31.2 Å². The van der Waals surface area contributed by atoms with Gasteiger partial charge in [0, 0.05) is 11.6 Å². The molecule has 0 aliphatic carbocycles. The number of thioether (sulfide) groups is 1. The lowest BCUT2D eigenvalue weighted by atomic mass is 10.2. The molecule has 0 spiro atoms. The number of nitrogens with one attached hydrogen (secondary N) is 2. The molecule has 0 aliphatic rings. The van der Waals surface area contributed by atoms with Crippen LogP contribution in [0.2, 0.25) is 0 Å². The highest BCUT2D eigenvalue weighted by molar-refractivity contribution is 7.99. The molecule has 0 atom stereocenters. The van der Waals surface area contributed by atoms with Crippen LogP contribution in [0.15, 0.2) is 29.4 Å². The Bertz CT molecular complexity index is 698. The average Bonchev–Trinajstić information content (AvgIpc) is 3.03. The Morgan fingerprint density at radius 1 is 1.29 bits per heavy atom. The number of H-pyrrole nitrogens is 1. The van der Waals surface area contributed by atoms with Gasteiger partial charge in [0.25, 0.3) is 0 Å². The van der Waals surface area contributed by atoms with Gasteiger partial charge < -0.3 is 10.1 Å². The van der Waals surface area contributed by atoms with Crippen molar-refractivity contribution in [2.24, 2.45) is 0 Å². The minimum Gasteiger partial charge on any atom is -0.462 e. The highest BCUT2D eigenvalue weighted by Gasteiger charge is 2.10. The van der Waals surface area contributed by atoms with Gasteiger partial charge in [-0.1, -0.05) is 25.6 Å². The summed E-state index contributed by atoms with van der Waals surface area (Å²) in [5.41, 5.74) is 1.07. The van der Waals surface area contributed by atoms with Crippen LogP contribution < -0.4 is 5.32 Å². The van der Waals surface area contributed by atoms with Gasteiger partial charge in [-0.25, -0.2) is 9.78 Å². The molecular weight excluding hydrogens is 328 g/mol. The summed E-state index contributed by atoms with van der Waals surface area (Å²) in [6, 6.07) is 6.56. The SMILES string of the molecule is CCOC(=O)c1ccc(NC(=O)CSc2n[nH]c(C(C)C)n2)cc1. The molecule has 2 rings (SSSR count). The van der Waals surface area contributed by atoms with Gasteiger partial charge in [0.15, 0.2) is 0 Å². The summed E-state index contributed by atoms with van der Waals surface area (Å²) in [4.78, 5) is 27.8. The monoisotopic (exact) mass is 348 g/mol. The molecule has 1 heterocycles. The number of hydrogen-bond acceptors (Lipinski definition) is 6. The first kappa shape index (κ1) is 18.0. The number of carbonyl (C=O) groups is 2. The van der Waals surface area contributed by atoms with Crippen LogP contribution in [0, 0.1) is 0 Å². The van der Waals surface area contributed by atoms with Gasteiger partial charge in [-0.3, -0.25) is 9.89 Å². The smallest absolute Gasteiger partial charge is 0.338 e. The second kappa shape index (κ2) is 8.49. The highest BCUT2D eigenvalue weighted by Crippen LogP contribution is 2.17. The van der Waals surface area contributed by atoms with Gasteiger partial charge in [0.05, 0.1) is 17.9 Å². The molecule has 7 nitrogen and oxygen atoms in total. The topological polar surface area (TPSA) is 97.0 Å². The van der Waals surface area contributed by atoms with Crippen LogP contribution in [0.1, 0.15) is 42.9 Å². The van der Waals surface area contributed by atoms with Crippen molar-refractivity contribution in [2.45, 2.75) is 31.8 Å². The first-order valence-electron chi connectivity index (χ1n) is 7.61. The minimum atomic E-state index is -0.378. The van der Waals surface area contributed by atoms with Crippen LogP contribution in [0.4, 0.5) is 5.69 Å². The third-order valence-electron chi connectivity index (χ3n) is 3.04. The van der Waals surface area contributed by atoms with E-state index in [1.807, 2.05) is 13.8 Å². The lowest BCUT2D eigenvalue weighted by molar-refractivity contribution is -0.113. The largest absolute Gasteiger partial charge is 0.462 e. The van der Waals surface area contributed by atoms with Crippen LogP contribution in [0.5, 0.6) is 0 Å². The number of aromatic amines is 1. The molecule has 1 aromatic heterocycles. The minimum absolute atomic E-state index is 0.167. The van der Waals surface area contributed by atoms with Crippen molar-refractivity contribution < 1.29 is 14.3 Å². The average molecular weight is 348 g/mol. The molecule has 2 N–H and O–H groups in total. The molecule has 0 saturated heterocycles. The van der Waals surface area contributed by atoms with Crippen molar-refractivity contribution >= 4 is 29.3 Å². The summed E-state index contributed by atoms with van der Waals surface area (Å²) in [5, 5.41) is 10.2. The summed E-state index contributed by atoms with van der Waals surface area (Å²) < 4.78 is 4.91. The number of aromatic nitrogens is 3. The summed E-state index contributed by atoms with van der Waals surface area (Å²) in [6.07, 6.45) is 0. The summed E-state index contributed by atoms with van der Waals surface area (Å²) in [5.74, 6) is 0.719. The number of nitrogens with zero attached hydrogens (tertiary/aromatic N) is 2. The molecule has 0 fully saturated rings. The predicted molar refractivity (Wildman–Crippen MR) is 92.2 cm³/mol.